The molecule has 27 heavy (non-hydrogen) atoms. The minimum Gasteiger partial charge on any atom is -0.370 e. The number of hydrogen-bond acceptors (Lipinski definition) is 5. The third kappa shape index (κ3) is 4.58. The van der Waals surface area contributed by atoms with Crippen LogP contribution in [0, 0.1) is 5.92 Å². The number of ether oxygens (including phenoxy) is 1. The van der Waals surface area contributed by atoms with Crippen LogP contribution in [0.2, 0.25) is 0 Å². The fraction of sp³-hybridized carbons (Fsp3) is 0.474. The second kappa shape index (κ2) is 8.88. The lowest BCUT2D eigenvalue weighted by Crippen LogP contribution is -3.14. The molecule has 3 rings (SSSR count). The van der Waals surface area contributed by atoms with E-state index in [0.29, 0.717) is 12.2 Å². The number of hydrogen-bond donors (Lipinski definition) is 2. The van der Waals surface area contributed by atoms with E-state index in [2.05, 4.69) is 10.3 Å². The molecule has 0 aliphatic carbocycles. The van der Waals surface area contributed by atoms with Gasteiger partial charge in [-0.2, -0.15) is 0 Å². The van der Waals surface area contributed by atoms with Crippen LogP contribution in [0.15, 0.2) is 29.3 Å². The largest absolute Gasteiger partial charge is 0.370 e. The van der Waals surface area contributed by atoms with E-state index in [9.17, 15) is 14.4 Å². The van der Waals surface area contributed by atoms with Crippen molar-refractivity contribution in [1.29, 1.82) is 0 Å². The molecule has 1 aromatic rings. The number of nitrogens with zero attached hydrogens (tertiary/aromatic N) is 2. The summed E-state index contributed by atoms with van der Waals surface area (Å²) in [6.07, 6.45) is 2.22. The van der Waals surface area contributed by atoms with Gasteiger partial charge in [-0.3, -0.25) is 19.9 Å². The molecular weight excluding hydrogens is 348 g/mol. The smallest absolute Gasteiger partial charge is 0.335 e. The highest BCUT2D eigenvalue weighted by molar-refractivity contribution is 6.32. The molecule has 1 atom stereocenters. The summed E-state index contributed by atoms with van der Waals surface area (Å²) in [5, 5.41) is 2.24. The lowest BCUT2D eigenvalue weighted by atomic mass is 10.1. The molecule has 0 unspecified atom stereocenters. The van der Waals surface area contributed by atoms with Gasteiger partial charge in [0.2, 0.25) is 5.91 Å². The van der Waals surface area contributed by atoms with Crippen LogP contribution in [0.25, 0.3) is 0 Å². The van der Waals surface area contributed by atoms with Crippen molar-refractivity contribution in [3.8, 4) is 0 Å². The zero-order valence-electron chi connectivity index (χ0n) is 15.4. The Bertz CT molecular complexity index is 726. The third-order valence-corrected chi connectivity index (χ3v) is 4.85. The van der Waals surface area contributed by atoms with Crippen LogP contribution in [0.4, 0.5) is 10.5 Å². The first-order valence-corrected chi connectivity index (χ1v) is 9.29. The van der Waals surface area contributed by atoms with Crippen molar-refractivity contribution in [3.63, 3.8) is 0 Å². The summed E-state index contributed by atoms with van der Waals surface area (Å²) < 4.78 is 5.31. The van der Waals surface area contributed by atoms with Gasteiger partial charge in [-0.05, 0) is 24.1 Å². The van der Waals surface area contributed by atoms with Crippen LogP contribution in [-0.4, -0.2) is 63.5 Å². The Labute approximate surface area is 158 Å². The number of morpholine rings is 1. The number of imide groups is 2. The highest BCUT2D eigenvalue weighted by atomic mass is 16.5. The minimum absolute atomic E-state index is 0.443. The lowest BCUT2D eigenvalue weighted by Gasteiger charge is -2.28. The van der Waals surface area contributed by atoms with Crippen LogP contribution >= 0.6 is 0 Å². The molecule has 2 saturated heterocycles. The van der Waals surface area contributed by atoms with Crippen molar-refractivity contribution < 1.29 is 24.0 Å². The zero-order chi connectivity index (χ0) is 19.2. The van der Waals surface area contributed by atoms with Crippen molar-refractivity contribution >= 4 is 29.7 Å². The van der Waals surface area contributed by atoms with Crippen molar-refractivity contribution in [2.45, 2.75) is 13.3 Å². The van der Waals surface area contributed by atoms with Gasteiger partial charge in [-0.15, -0.1) is 0 Å². The van der Waals surface area contributed by atoms with Gasteiger partial charge in [0.1, 0.15) is 13.1 Å². The van der Waals surface area contributed by atoms with E-state index in [4.69, 9.17) is 4.74 Å². The van der Waals surface area contributed by atoms with E-state index in [0.717, 1.165) is 49.7 Å². The first-order valence-electron chi connectivity index (χ1n) is 9.29. The van der Waals surface area contributed by atoms with Gasteiger partial charge in [-0.1, -0.05) is 19.1 Å². The van der Waals surface area contributed by atoms with Crippen molar-refractivity contribution in [1.82, 2.24) is 5.32 Å². The van der Waals surface area contributed by atoms with Crippen LogP contribution < -0.4 is 15.1 Å². The van der Waals surface area contributed by atoms with E-state index in [1.165, 1.54) is 11.1 Å². The molecule has 0 radical (unpaired) electrons. The molecule has 2 heterocycles. The van der Waals surface area contributed by atoms with Gasteiger partial charge in [0.05, 0.1) is 32.0 Å². The molecular formula is C19H25N4O4+. The second-order valence-electron chi connectivity index (χ2n) is 6.63. The molecule has 0 aromatic heterocycles. The summed E-state index contributed by atoms with van der Waals surface area (Å²) in [6, 6.07) is 6.42. The number of quaternary nitrogens is 1. The van der Waals surface area contributed by atoms with Crippen LogP contribution in [-0.2, 0) is 20.7 Å². The van der Waals surface area contributed by atoms with E-state index < -0.39 is 23.8 Å². The van der Waals surface area contributed by atoms with Gasteiger partial charge in [0, 0.05) is 6.21 Å². The minimum atomic E-state index is -1.09. The fourth-order valence-corrected chi connectivity index (χ4v) is 3.16. The number of aliphatic imine (C=N–C) groups is 1. The predicted molar refractivity (Wildman–Crippen MR) is 100 cm³/mol. The summed E-state index contributed by atoms with van der Waals surface area (Å²) in [7, 11) is 0. The van der Waals surface area contributed by atoms with Gasteiger partial charge in [0.15, 0.2) is 5.92 Å². The first-order chi connectivity index (χ1) is 13.1. The highest BCUT2D eigenvalue weighted by Gasteiger charge is 2.40. The molecule has 8 nitrogen and oxygen atoms in total. The van der Waals surface area contributed by atoms with Gasteiger partial charge >= 0.3 is 6.03 Å². The normalized spacial score (nSPS) is 21.7. The van der Waals surface area contributed by atoms with Crippen LogP contribution in [0.5, 0.6) is 0 Å². The summed E-state index contributed by atoms with van der Waals surface area (Å²) >= 11 is 0. The molecule has 2 aliphatic rings. The quantitative estimate of drug-likeness (QED) is 0.516. The second-order valence-corrected chi connectivity index (χ2v) is 6.63. The standard InChI is InChI=1S/C19H24N4O4/c1-2-14-3-5-15(6-4-14)23-18(25)16(17(24)21-19(23)26)13-20-7-8-22-9-11-27-12-10-22/h3-6,13,16H,2,7-12H2,1H3,(H,21,24,26)/p+1/t16-/m1/s1. The topological polar surface area (TPSA) is 92.5 Å². The predicted octanol–water partition coefficient (Wildman–Crippen LogP) is -0.566. The van der Waals surface area contributed by atoms with Gasteiger partial charge < -0.3 is 9.64 Å². The molecule has 2 aliphatic heterocycles. The van der Waals surface area contributed by atoms with Crippen LogP contribution in [0.3, 0.4) is 0 Å². The van der Waals surface area contributed by atoms with E-state index >= 15 is 0 Å². The average molecular weight is 373 g/mol. The number of urea groups is 1. The fourth-order valence-electron chi connectivity index (χ4n) is 3.16. The summed E-state index contributed by atoms with van der Waals surface area (Å²) in [6.45, 7) is 6.74. The van der Waals surface area contributed by atoms with E-state index in [1.54, 1.807) is 12.1 Å². The van der Waals surface area contributed by atoms with E-state index in [-0.39, 0.29) is 0 Å². The Morgan fingerprint density at radius 3 is 2.59 bits per heavy atom. The molecule has 2 N–H and O–H groups in total. The first kappa shape index (κ1) is 19.2. The molecule has 0 saturated carbocycles. The van der Waals surface area contributed by atoms with Crippen molar-refractivity contribution in [2.24, 2.45) is 10.9 Å². The Morgan fingerprint density at radius 1 is 1.22 bits per heavy atom. The van der Waals surface area contributed by atoms with Gasteiger partial charge in [0.25, 0.3) is 5.91 Å². The maximum atomic E-state index is 12.7. The molecule has 4 amide bonds. The Hall–Kier alpha value is -2.58. The molecule has 8 heteroatoms. The molecule has 1 aromatic carbocycles. The Kier molecular flexibility index (Phi) is 6.31. The molecule has 144 valence electrons. The number of nitrogens with one attached hydrogen (secondary N) is 2. The number of carbonyl (C=O) groups is 3. The third-order valence-electron chi connectivity index (χ3n) is 4.85. The average Bonchev–Trinajstić information content (AvgIpc) is 2.68. The van der Waals surface area contributed by atoms with Crippen molar-refractivity contribution in [2.75, 3.05) is 44.3 Å². The van der Waals surface area contributed by atoms with Crippen LogP contribution in [0.1, 0.15) is 12.5 Å². The lowest BCUT2D eigenvalue weighted by molar-refractivity contribution is -0.906. The SMILES string of the molecule is CCc1ccc(N2C(=O)NC(=O)[C@@H](C=NCC[NH+]3CCOCC3)C2=O)cc1. The highest BCUT2D eigenvalue weighted by Crippen LogP contribution is 2.21. The number of aryl methyl sites for hydroxylation is 1. The Morgan fingerprint density at radius 2 is 1.93 bits per heavy atom. The monoisotopic (exact) mass is 373 g/mol. The number of barbiturate groups is 1. The molecule has 0 bridgehead atoms. The number of benzene rings is 1. The summed E-state index contributed by atoms with van der Waals surface area (Å²) in [5.41, 5.74) is 1.54. The number of amides is 4. The van der Waals surface area contributed by atoms with Gasteiger partial charge in [-0.25, -0.2) is 9.69 Å². The van der Waals surface area contributed by atoms with E-state index in [1.807, 2.05) is 19.1 Å². The van der Waals surface area contributed by atoms with Crippen molar-refractivity contribution in [3.05, 3.63) is 29.8 Å². The number of carbonyl (C=O) groups excluding carboxylic acids is 3. The summed E-state index contributed by atoms with van der Waals surface area (Å²) in [4.78, 5) is 43.7. The zero-order valence-corrected chi connectivity index (χ0v) is 15.4. The Balaban J connectivity index is 1.65. The number of rotatable bonds is 6. The number of anilines is 1. The maximum Gasteiger partial charge on any atom is 0.335 e. The summed E-state index contributed by atoms with van der Waals surface area (Å²) in [5.74, 6) is -2.29. The molecule has 0 spiro atoms. The molecule has 2 fully saturated rings. The maximum absolute atomic E-state index is 12.7.